The monoisotopic (exact) mass is 567 g/mol. The highest BCUT2D eigenvalue weighted by Gasteiger charge is 2.29. The highest BCUT2D eigenvalue weighted by Crippen LogP contribution is 2.27. The fraction of sp³-hybridized carbons (Fsp3) is 0.276. The van der Waals surface area contributed by atoms with E-state index in [0.29, 0.717) is 17.8 Å². The smallest absolute Gasteiger partial charge is 0.356 e. The summed E-state index contributed by atoms with van der Waals surface area (Å²) in [7, 11) is 0. The highest BCUT2D eigenvalue weighted by molar-refractivity contribution is 7.80. The summed E-state index contributed by atoms with van der Waals surface area (Å²) in [5, 5.41) is 20.9. The van der Waals surface area contributed by atoms with Gasteiger partial charge in [0.25, 0.3) is 6.10 Å². The molecule has 0 spiro atoms. The lowest BCUT2D eigenvalue weighted by Crippen LogP contribution is -2.49. The number of hydrogen-bond acceptors (Lipinski definition) is 6. The third kappa shape index (κ3) is 8.39. The fourth-order valence-corrected chi connectivity index (χ4v) is 4.73. The van der Waals surface area contributed by atoms with Crippen molar-refractivity contribution in [3.8, 4) is 16.9 Å². The lowest BCUT2D eigenvalue weighted by Gasteiger charge is -2.34. The third-order valence-electron chi connectivity index (χ3n) is 6.11. The number of carbonyl (C=O) groups is 3. The third-order valence-corrected chi connectivity index (χ3v) is 6.90. The Bertz CT molecular complexity index is 1290. The summed E-state index contributed by atoms with van der Waals surface area (Å²) >= 11 is -2.79. The van der Waals surface area contributed by atoms with E-state index in [1.807, 2.05) is 37.3 Å². The molecule has 212 valence electrons. The van der Waals surface area contributed by atoms with Gasteiger partial charge in [0.1, 0.15) is 11.8 Å². The van der Waals surface area contributed by atoms with Crippen molar-refractivity contribution in [1.82, 2.24) is 5.32 Å². The molecule has 11 heteroatoms. The second-order valence-electron chi connectivity index (χ2n) is 8.99. The second-order valence-corrected chi connectivity index (χ2v) is 9.82. The first-order chi connectivity index (χ1) is 19.2. The first kappa shape index (κ1) is 30.3. The van der Waals surface area contributed by atoms with Crippen molar-refractivity contribution >= 4 is 34.8 Å². The minimum absolute atomic E-state index is 0.000115. The Morgan fingerprint density at radius 2 is 1.50 bits per heavy atom. The van der Waals surface area contributed by atoms with Gasteiger partial charge in [-0.25, -0.2) is 9.59 Å². The van der Waals surface area contributed by atoms with Crippen LogP contribution in [0.25, 0.3) is 11.1 Å². The SMILES string of the molecule is CCCCCNC(=O)C(Cc1ccc(OC(C(=O)O)C(=O)O)cc1)N(c1ccc(-c2ccccc2)cc1)S(=O)[O-]. The van der Waals surface area contributed by atoms with E-state index in [2.05, 4.69) is 5.32 Å². The van der Waals surface area contributed by atoms with E-state index in [9.17, 15) is 23.1 Å². The fourth-order valence-electron chi connectivity index (χ4n) is 4.06. The Labute approximate surface area is 235 Å². The zero-order valence-corrected chi connectivity index (χ0v) is 22.7. The normalized spacial score (nSPS) is 12.4. The number of nitrogens with one attached hydrogen (secondary N) is 1. The van der Waals surface area contributed by atoms with Crippen molar-refractivity contribution in [3.05, 3.63) is 84.4 Å². The van der Waals surface area contributed by atoms with Crippen LogP contribution in [0.1, 0.15) is 31.7 Å². The van der Waals surface area contributed by atoms with Gasteiger partial charge in [0.05, 0.1) is 0 Å². The summed E-state index contributed by atoms with van der Waals surface area (Å²) in [4.78, 5) is 35.5. The Balaban J connectivity index is 1.87. The van der Waals surface area contributed by atoms with Crippen LogP contribution in [-0.4, -0.2) is 55.5 Å². The minimum Gasteiger partial charge on any atom is -0.755 e. The molecular weight excluding hydrogens is 536 g/mol. The van der Waals surface area contributed by atoms with Gasteiger partial charge in [-0.3, -0.25) is 13.3 Å². The molecule has 3 rings (SSSR count). The van der Waals surface area contributed by atoms with E-state index in [1.54, 1.807) is 24.3 Å². The first-order valence-corrected chi connectivity index (χ1v) is 13.8. The molecule has 3 N–H and O–H groups in total. The number of carboxylic acid groups (broad SMARTS) is 2. The number of unbranched alkanes of at least 4 members (excludes halogenated alkanes) is 2. The Hall–Kier alpha value is -4.22. The molecule has 0 saturated heterocycles. The van der Waals surface area contributed by atoms with Crippen molar-refractivity contribution in [2.75, 3.05) is 10.8 Å². The van der Waals surface area contributed by atoms with Crippen LogP contribution in [0, 0.1) is 0 Å². The average Bonchev–Trinajstić information content (AvgIpc) is 2.94. The van der Waals surface area contributed by atoms with Gasteiger partial charge >= 0.3 is 11.9 Å². The number of aliphatic carboxylic acids is 2. The molecule has 0 aliphatic heterocycles. The number of nitrogens with zero attached hydrogens (tertiary/aromatic N) is 1. The van der Waals surface area contributed by atoms with Crippen molar-refractivity contribution in [1.29, 1.82) is 0 Å². The molecule has 0 heterocycles. The van der Waals surface area contributed by atoms with E-state index < -0.39 is 41.3 Å². The van der Waals surface area contributed by atoms with Gasteiger partial charge in [0.2, 0.25) is 5.91 Å². The van der Waals surface area contributed by atoms with Gasteiger partial charge in [-0.2, -0.15) is 0 Å². The molecule has 2 atom stereocenters. The van der Waals surface area contributed by atoms with Crippen LogP contribution < -0.4 is 14.4 Å². The molecule has 0 fully saturated rings. The van der Waals surface area contributed by atoms with Gasteiger partial charge in [-0.15, -0.1) is 0 Å². The number of benzene rings is 3. The molecule has 40 heavy (non-hydrogen) atoms. The Morgan fingerprint density at radius 3 is 2.05 bits per heavy atom. The molecule has 3 aromatic rings. The van der Waals surface area contributed by atoms with Crippen LogP contribution in [0.5, 0.6) is 5.75 Å². The van der Waals surface area contributed by atoms with Gasteiger partial charge in [-0.1, -0.05) is 74.4 Å². The highest BCUT2D eigenvalue weighted by atomic mass is 32.2. The van der Waals surface area contributed by atoms with E-state index in [0.717, 1.165) is 34.7 Å². The number of amides is 1. The summed E-state index contributed by atoms with van der Waals surface area (Å²) < 4.78 is 31.0. The number of rotatable bonds is 15. The van der Waals surface area contributed by atoms with Crippen LogP contribution in [0.2, 0.25) is 0 Å². The van der Waals surface area contributed by atoms with Crippen LogP contribution in [-0.2, 0) is 32.1 Å². The predicted octanol–water partition coefficient (Wildman–Crippen LogP) is 3.79. The molecule has 0 aliphatic rings. The summed E-state index contributed by atoms with van der Waals surface area (Å²) in [5.74, 6) is -3.77. The van der Waals surface area contributed by atoms with Gasteiger partial charge in [0, 0.05) is 29.9 Å². The number of carboxylic acids is 2. The molecule has 0 saturated carbocycles. The maximum absolute atomic E-state index is 13.3. The van der Waals surface area contributed by atoms with E-state index in [1.165, 1.54) is 24.3 Å². The Morgan fingerprint density at radius 1 is 0.900 bits per heavy atom. The van der Waals surface area contributed by atoms with Crippen molar-refractivity contribution in [2.24, 2.45) is 0 Å². The maximum atomic E-state index is 13.3. The van der Waals surface area contributed by atoms with E-state index in [-0.39, 0.29) is 12.2 Å². The van der Waals surface area contributed by atoms with E-state index >= 15 is 0 Å². The number of hydrogen-bond donors (Lipinski definition) is 3. The zero-order chi connectivity index (χ0) is 29.1. The van der Waals surface area contributed by atoms with Crippen LogP contribution in [0.4, 0.5) is 5.69 Å². The molecule has 2 unspecified atom stereocenters. The van der Waals surface area contributed by atoms with E-state index in [4.69, 9.17) is 14.9 Å². The predicted molar refractivity (Wildman–Crippen MR) is 149 cm³/mol. The molecule has 1 amide bonds. The quantitative estimate of drug-likeness (QED) is 0.142. The summed E-state index contributed by atoms with van der Waals surface area (Å²) in [6, 6.07) is 21.1. The van der Waals surface area contributed by atoms with Gasteiger partial charge < -0.3 is 24.8 Å². The molecular formula is C29H31N2O8S-. The summed E-state index contributed by atoms with van der Waals surface area (Å²) in [6.45, 7) is 2.43. The lowest BCUT2D eigenvalue weighted by molar-refractivity contribution is -0.159. The molecule has 0 radical (unpaired) electrons. The van der Waals surface area contributed by atoms with Crippen molar-refractivity contribution in [2.45, 2.75) is 44.8 Å². The van der Waals surface area contributed by atoms with Crippen LogP contribution in [0.15, 0.2) is 78.9 Å². The molecule has 3 aromatic carbocycles. The topological polar surface area (TPSA) is 156 Å². The average molecular weight is 568 g/mol. The molecule has 10 nitrogen and oxygen atoms in total. The first-order valence-electron chi connectivity index (χ1n) is 12.7. The van der Waals surface area contributed by atoms with Crippen molar-refractivity contribution < 1.29 is 38.1 Å². The molecule has 0 aliphatic carbocycles. The number of ether oxygens (including phenoxy) is 1. The summed E-state index contributed by atoms with van der Waals surface area (Å²) in [5.41, 5.74) is 2.72. The molecule has 0 bridgehead atoms. The Kier molecular flexibility index (Phi) is 11.2. The number of carbonyl (C=O) groups excluding carboxylic acids is 1. The van der Waals surface area contributed by atoms with Gasteiger partial charge in [0.15, 0.2) is 0 Å². The minimum atomic E-state index is -2.79. The summed E-state index contributed by atoms with van der Waals surface area (Å²) in [6.07, 6.45) is 0.544. The maximum Gasteiger partial charge on any atom is 0.356 e. The standard InChI is InChI=1S/C29H32N2O8S/c1-2-3-7-18-30-27(32)25(19-20-10-16-24(17-11-20)39-26(28(33)34)29(35)36)31(40(37)38)23-14-12-22(13-15-23)21-8-5-4-6-9-21/h4-6,8-17,25-26H,2-3,7,18-19H2,1H3,(H,30,32)(H,33,34)(H,35,36)(H,37,38)/p-1. The van der Waals surface area contributed by atoms with Crippen molar-refractivity contribution in [3.63, 3.8) is 0 Å². The number of anilines is 1. The van der Waals surface area contributed by atoms with Crippen LogP contribution in [0.3, 0.4) is 0 Å². The van der Waals surface area contributed by atoms with Crippen LogP contribution >= 0.6 is 0 Å². The molecule has 0 aromatic heterocycles. The zero-order valence-electron chi connectivity index (χ0n) is 21.9. The second kappa shape index (κ2) is 14.8. The van der Waals surface area contributed by atoms with Gasteiger partial charge in [-0.05, 0) is 47.4 Å². The lowest BCUT2D eigenvalue weighted by atomic mass is 10.0. The largest absolute Gasteiger partial charge is 0.755 e.